The van der Waals surface area contributed by atoms with Crippen molar-refractivity contribution in [3.05, 3.63) is 71.6 Å². The predicted molar refractivity (Wildman–Crippen MR) is 84.1 cm³/mol. The molecule has 25 heavy (non-hydrogen) atoms. The molecule has 0 heterocycles. The fourth-order valence-electron chi connectivity index (χ4n) is 1.77. The van der Waals surface area contributed by atoms with E-state index in [9.17, 15) is 22.8 Å². The van der Waals surface area contributed by atoms with Crippen molar-refractivity contribution < 1.29 is 27.5 Å². The zero-order valence-corrected chi connectivity index (χ0v) is 12.7. The number of amides is 2. The van der Waals surface area contributed by atoms with Gasteiger partial charge in [0.15, 0.2) is 0 Å². The molecule has 0 unspecified atom stereocenters. The first-order chi connectivity index (χ1) is 11.9. The summed E-state index contributed by atoms with van der Waals surface area (Å²) in [4.78, 5) is 23.3. The maximum absolute atomic E-state index is 12.8. The topological polar surface area (TPSA) is 67.4 Å². The minimum Gasteiger partial charge on any atom is -0.435 e. The van der Waals surface area contributed by atoms with E-state index in [4.69, 9.17) is 0 Å². The van der Waals surface area contributed by atoms with Gasteiger partial charge in [0.2, 0.25) is 0 Å². The van der Waals surface area contributed by atoms with Gasteiger partial charge in [-0.2, -0.15) is 8.78 Å². The molecule has 2 N–H and O–H groups in total. The van der Waals surface area contributed by atoms with Gasteiger partial charge in [-0.05, 0) is 48.0 Å². The van der Waals surface area contributed by atoms with Crippen molar-refractivity contribution in [1.82, 2.24) is 10.9 Å². The monoisotopic (exact) mass is 350 g/mol. The first kappa shape index (κ1) is 18.1. The molecule has 130 valence electrons. The molecule has 0 aliphatic rings. The first-order valence-corrected chi connectivity index (χ1v) is 7.03. The van der Waals surface area contributed by atoms with Gasteiger partial charge in [0.25, 0.3) is 11.8 Å². The minimum atomic E-state index is -2.91. The standard InChI is InChI=1S/C17H13F3N2O3/c18-13-6-4-12(5-7-13)16(24)22-21-15(23)10-3-11-1-8-14(9-2-11)25-17(19)20/h1-10,17H,(H,21,23)(H,22,24). The number of benzene rings is 2. The van der Waals surface area contributed by atoms with E-state index in [0.717, 1.165) is 18.2 Å². The highest BCUT2D eigenvalue weighted by Crippen LogP contribution is 2.15. The van der Waals surface area contributed by atoms with Crippen LogP contribution in [0.4, 0.5) is 13.2 Å². The molecule has 2 rings (SSSR count). The Balaban J connectivity index is 1.84. The van der Waals surface area contributed by atoms with E-state index in [1.54, 1.807) is 0 Å². The maximum atomic E-state index is 12.8. The molecule has 0 bridgehead atoms. The molecule has 2 amide bonds. The van der Waals surface area contributed by atoms with Gasteiger partial charge in [-0.25, -0.2) is 4.39 Å². The van der Waals surface area contributed by atoms with Gasteiger partial charge < -0.3 is 4.74 Å². The molecule has 0 fully saturated rings. The number of nitrogens with one attached hydrogen (secondary N) is 2. The molecule has 8 heteroatoms. The molecule has 0 saturated carbocycles. The third-order valence-electron chi connectivity index (χ3n) is 2.94. The highest BCUT2D eigenvalue weighted by atomic mass is 19.3. The quantitative estimate of drug-likeness (QED) is 0.644. The fourth-order valence-corrected chi connectivity index (χ4v) is 1.77. The summed E-state index contributed by atoms with van der Waals surface area (Å²) in [6.07, 6.45) is 2.57. The third kappa shape index (κ3) is 6.02. The Morgan fingerprint density at radius 3 is 2.20 bits per heavy atom. The summed E-state index contributed by atoms with van der Waals surface area (Å²) in [5.41, 5.74) is 5.08. The number of hydrazine groups is 1. The number of halogens is 3. The maximum Gasteiger partial charge on any atom is 0.387 e. The SMILES string of the molecule is O=C(C=Cc1ccc(OC(F)F)cc1)NNC(=O)c1ccc(F)cc1. The molecule has 0 aromatic heterocycles. The van der Waals surface area contributed by atoms with Crippen molar-refractivity contribution >= 4 is 17.9 Å². The van der Waals surface area contributed by atoms with Gasteiger partial charge in [-0.1, -0.05) is 12.1 Å². The Hall–Kier alpha value is -3.29. The van der Waals surface area contributed by atoms with Crippen LogP contribution in [0, 0.1) is 5.82 Å². The Kier molecular flexibility index (Phi) is 6.16. The van der Waals surface area contributed by atoms with E-state index in [-0.39, 0.29) is 11.3 Å². The largest absolute Gasteiger partial charge is 0.435 e. The fraction of sp³-hybridized carbons (Fsp3) is 0.0588. The van der Waals surface area contributed by atoms with Crippen LogP contribution in [0.15, 0.2) is 54.6 Å². The number of ether oxygens (including phenoxy) is 1. The van der Waals surface area contributed by atoms with Crippen LogP contribution in [-0.2, 0) is 4.79 Å². The summed E-state index contributed by atoms with van der Waals surface area (Å²) < 4.78 is 41.0. The molecule has 0 radical (unpaired) electrons. The van der Waals surface area contributed by atoms with Crippen molar-refractivity contribution in [2.24, 2.45) is 0 Å². The number of hydrogen-bond donors (Lipinski definition) is 2. The van der Waals surface area contributed by atoms with Gasteiger partial charge >= 0.3 is 6.61 Å². The molecule has 2 aromatic carbocycles. The first-order valence-electron chi connectivity index (χ1n) is 7.03. The second-order valence-corrected chi connectivity index (χ2v) is 4.73. The van der Waals surface area contributed by atoms with Gasteiger partial charge in [0, 0.05) is 11.6 Å². The van der Waals surface area contributed by atoms with Crippen LogP contribution in [0.1, 0.15) is 15.9 Å². The summed E-state index contributed by atoms with van der Waals surface area (Å²) in [5, 5.41) is 0. The lowest BCUT2D eigenvalue weighted by atomic mass is 10.2. The molecule has 5 nitrogen and oxygen atoms in total. The zero-order chi connectivity index (χ0) is 18.2. The van der Waals surface area contributed by atoms with Crippen LogP contribution in [0.25, 0.3) is 6.08 Å². The van der Waals surface area contributed by atoms with Gasteiger partial charge in [-0.15, -0.1) is 0 Å². The van der Waals surface area contributed by atoms with Crippen molar-refractivity contribution in [2.45, 2.75) is 6.61 Å². The van der Waals surface area contributed by atoms with Crippen LogP contribution in [0.2, 0.25) is 0 Å². The Labute approximate surface area is 141 Å². The van der Waals surface area contributed by atoms with E-state index in [0.29, 0.717) is 5.56 Å². The highest BCUT2D eigenvalue weighted by Gasteiger charge is 2.06. The molecule has 0 aliphatic heterocycles. The molecule has 0 saturated heterocycles. The second-order valence-electron chi connectivity index (χ2n) is 4.73. The number of rotatable bonds is 5. The Bertz CT molecular complexity index is 760. The van der Waals surface area contributed by atoms with E-state index in [2.05, 4.69) is 15.6 Å². The normalized spacial score (nSPS) is 10.7. The Morgan fingerprint density at radius 2 is 1.60 bits per heavy atom. The van der Waals surface area contributed by atoms with E-state index < -0.39 is 24.2 Å². The second kappa shape index (κ2) is 8.53. The number of carbonyl (C=O) groups is 2. The lowest BCUT2D eigenvalue weighted by Gasteiger charge is -2.05. The predicted octanol–water partition coefficient (Wildman–Crippen LogP) is 2.90. The smallest absolute Gasteiger partial charge is 0.387 e. The van der Waals surface area contributed by atoms with E-state index in [1.807, 2.05) is 0 Å². The highest BCUT2D eigenvalue weighted by molar-refractivity contribution is 5.97. The summed E-state index contributed by atoms with van der Waals surface area (Å²) in [6.45, 7) is -2.91. The van der Waals surface area contributed by atoms with Crippen LogP contribution >= 0.6 is 0 Å². The van der Waals surface area contributed by atoms with Crippen molar-refractivity contribution in [2.75, 3.05) is 0 Å². The molecule has 0 atom stereocenters. The van der Waals surface area contributed by atoms with Crippen LogP contribution < -0.4 is 15.6 Å². The number of alkyl halides is 2. The Morgan fingerprint density at radius 1 is 0.960 bits per heavy atom. The summed E-state index contributed by atoms with van der Waals surface area (Å²) in [6, 6.07) is 10.4. The average Bonchev–Trinajstić information content (AvgIpc) is 2.59. The van der Waals surface area contributed by atoms with E-state index in [1.165, 1.54) is 42.5 Å². The number of hydrogen-bond acceptors (Lipinski definition) is 3. The van der Waals surface area contributed by atoms with Crippen LogP contribution in [0.5, 0.6) is 5.75 Å². The molecular weight excluding hydrogens is 337 g/mol. The van der Waals surface area contributed by atoms with Crippen molar-refractivity contribution in [3.8, 4) is 5.75 Å². The molecular formula is C17H13F3N2O3. The zero-order valence-electron chi connectivity index (χ0n) is 12.7. The van der Waals surface area contributed by atoms with Crippen LogP contribution in [0.3, 0.4) is 0 Å². The lowest BCUT2D eigenvalue weighted by molar-refractivity contribution is -0.117. The number of carbonyl (C=O) groups excluding carboxylic acids is 2. The third-order valence-corrected chi connectivity index (χ3v) is 2.94. The average molecular weight is 350 g/mol. The summed E-state index contributed by atoms with van der Waals surface area (Å²) in [5.74, 6) is -1.68. The molecule has 2 aromatic rings. The van der Waals surface area contributed by atoms with Crippen LogP contribution in [-0.4, -0.2) is 18.4 Å². The van der Waals surface area contributed by atoms with Gasteiger partial charge in [0.1, 0.15) is 11.6 Å². The minimum absolute atomic E-state index is 0.00293. The summed E-state index contributed by atoms with van der Waals surface area (Å²) in [7, 11) is 0. The summed E-state index contributed by atoms with van der Waals surface area (Å²) >= 11 is 0. The van der Waals surface area contributed by atoms with Crippen molar-refractivity contribution in [3.63, 3.8) is 0 Å². The lowest BCUT2D eigenvalue weighted by Crippen LogP contribution is -2.40. The molecule has 0 aliphatic carbocycles. The van der Waals surface area contributed by atoms with Gasteiger partial charge in [0.05, 0.1) is 0 Å². The van der Waals surface area contributed by atoms with E-state index >= 15 is 0 Å². The van der Waals surface area contributed by atoms with Crippen molar-refractivity contribution in [1.29, 1.82) is 0 Å². The van der Waals surface area contributed by atoms with Gasteiger partial charge in [-0.3, -0.25) is 20.4 Å². The molecule has 0 spiro atoms.